The van der Waals surface area contributed by atoms with Crippen LogP contribution in [-0.2, 0) is 6.42 Å². The molecule has 3 nitrogen and oxygen atoms in total. The van der Waals surface area contributed by atoms with Crippen molar-refractivity contribution in [3.8, 4) is 0 Å². The molecular formula is C12H9Cl2NO2S2. The fourth-order valence-electron chi connectivity index (χ4n) is 1.45. The van der Waals surface area contributed by atoms with Gasteiger partial charge in [0.25, 0.3) is 5.69 Å². The smallest absolute Gasteiger partial charge is 0.258 e. The van der Waals surface area contributed by atoms with Crippen LogP contribution in [0.3, 0.4) is 0 Å². The maximum atomic E-state index is 11.0. The summed E-state index contributed by atoms with van der Waals surface area (Å²) in [5.74, 6) is 0. The molecule has 0 aliphatic heterocycles. The summed E-state index contributed by atoms with van der Waals surface area (Å²) in [6.07, 6.45) is 0.773. The first kappa shape index (κ1) is 14.7. The van der Waals surface area contributed by atoms with Crippen LogP contribution in [0, 0.1) is 10.1 Å². The number of thiophene rings is 1. The van der Waals surface area contributed by atoms with E-state index in [1.807, 2.05) is 6.92 Å². The van der Waals surface area contributed by atoms with Crippen LogP contribution >= 0.6 is 46.3 Å². The van der Waals surface area contributed by atoms with Gasteiger partial charge in [-0.15, -0.1) is 11.3 Å². The van der Waals surface area contributed by atoms with Gasteiger partial charge < -0.3 is 0 Å². The second-order valence-corrected chi connectivity index (χ2v) is 6.88. The maximum absolute atomic E-state index is 11.0. The molecule has 2 rings (SSSR count). The van der Waals surface area contributed by atoms with Crippen LogP contribution < -0.4 is 0 Å². The van der Waals surface area contributed by atoms with Crippen LogP contribution in [0.25, 0.3) is 0 Å². The third kappa shape index (κ3) is 3.23. The minimum Gasteiger partial charge on any atom is -0.258 e. The lowest BCUT2D eigenvalue weighted by Crippen LogP contribution is -1.86. The zero-order chi connectivity index (χ0) is 14.0. The van der Waals surface area contributed by atoms with Crippen LogP contribution in [0.5, 0.6) is 0 Å². The van der Waals surface area contributed by atoms with Gasteiger partial charge in [-0.3, -0.25) is 10.1 Å². The molecule has 0 aliphatic carbocycles. The average Bonchev–Trinajstić information content (AvgIpc) is 2.78. The number of rotatable bonds is 4. The van der Waals surface area contributed by atoms with E-state index in [-0.39, 0.29) is 10.6 Å². The Labute approximate surface area is 128 Å². The minimum absolute atomic E-state index is 0.128. The number of hydrogen-bond donors (Lipinski definition) is 0. The molecule has 0 atom stereocenters. The van der Waals surface area contributed by atoms with Gasteiger partial charge in [-0.1, -0.05) is 48.0 Å². The van der Waals surface area contributed by atoms with E-state index in [4.69, 9.17) is 23.2 Å². The third-order valence-corrected chi connectivity index (χ3v) is 5.84. The van der Waals surface area contributed by atoms with E-state index in [2.05, 4.69) is 0 Å². The van der Waals surface area contributed by atoms with Crippen molar-refractivity contribution in [3.05, 3.63) is 49.3 Å². The van der Waals surface area contributed by atoms with Crippen LogP contribution in [0.2, 0.25) is 10.0 Å². The second kappa shape index (κ2) is 6.13. The van der Waals surface area contributed by atoms with Gasteiger partial charge >= 0.3 is 0 Å². The Kier molecular flexibility index (Phi) is 4.73. The molecule has 7 heteroatoms. The van der Waals surface area contributed by atoms with Gasteiger partial charge in [-0.2, -0.15) is 0 Å². The van der Waals surface area contributed by atoms with E-state index < -0.39 is 0 Å². The number of aryl methyl sites for hydroxylation is 1. The summed E-state index contributed by atoms with van der Waals surface area (Å²) >= 11 is 14.7. The van der Waals surface area contributed by atoms with E-state index in [1.165, 1.54) is 23.1 Å². The zero-order valence-corrected chi connectivity index (χ0v) is 13.0. The van der Waals surface area contributed by atoms with Gasteiger partial charge in [0.1, 0.15) is 4.21 Å². The summed E-state index contributed by atoms with van der Waals surface area (Å²) in [6.45, 7) is 1.97. The molecule has 0 saturated heterocycles. The molecule has 0 bridgehead atoms. The first-order chi connectivity index (χ1) is 9.02. The Bertz CT molecular complexity index is 628. The lowest BCUT2D eigenvalue weighted by Gasteiger charge is -2.03. The molecule has 0 saturated carbocycles. The Balaban J connectivity index is 2.40. The predicted molar refractivity (Wildman–Crippen MR) is 80.9 cm³/mol. The first-order valence-corrected chi connectivity index (χ1v) is 7.80. The van der Waals surface area contributed by atoms with E-state index >= 15 is 0 Å². The molecule has 0 amide bonds. The van der Waals surface area contributed by atoms with Crippen molar-refractivity contribution in [3.63, 3.8) is 0 Å². The van der Waals surface area contributed by atoms with Crippen molar-refractivity contribution in [2.75, 3.05) is 0 Å². The summed E-state index contributed by atoms with van der Waals surface area (Å²) < 4.78 is 0.631. The summed E-state index contributed by atoms with van der Waals surface area (Å²) in [6, 6.07) is 6.88. The van der Waals surface area contributed by atoms with Crippen molar-refractivity contribution < 1.29 is 4.92 Å². The van der Waals surface area contributed by atoms with E-state index in [0.717, 1.165) is 16.2 Å². The Hall–Kier alpha value is -0.750. The van der Waals surface area contributed by atoms with Crippen LogP contribution in [0.4, 0.5) is 5.69 Å². The van der Waals surface area contributed by atoms with Gasteiger partial charge in [0, 0.05) is 15.8 Å². The van der Waals surface area contributed by atoms with Gasteiger partial charge in [0.05, 0.1) is 15.0 Å². The van der Waals surface area contributed by atoms with Crippen molar-refractivity contribution in [1.29, 1.82) is 0 Å². The van der Waals surface area contributed by atoms with Crippen LogP contribution in [0.15, 0.2) is 33.4 Å². The lowest BCUT2D eigenvalue weighted by atomic mass is 10.4. The van der Waals surface area contributed by atoms with Gasteiger partial charge in [0.2, 0.25) is 0 Å². The Morgan fingerprint density at radius 2 is 2.16 bits per heavy atom. The van der Waals surface area contributed by atoms with Gasteiger partial charge in [-0.05, 0) is 18.6 Å². The van der Waals surface area contributed by atoms with Crippen LogP contribution in [0.1, 0.15) is 11.8 Å². The number of halogens is 2. The molecule has 0 radical (unpaired) electrons. The molecule has 1 aromatic heterocycles. The highest BCUT2D eigenvalue weighted by Gasteiger charge is 2.20. The summed E-state index contributed by atoms with van der Waals surface area (Å²) in [4.78, 5) is 12.4. The van der Waals surface area contributed by atoms with E-state index in [0.29, 0.717) is 14.3 Å². The number of nitro groups is 1. The Morgan fingerprint density at radius 3 is 2.79 bits per heavy atom. The second-order valence-electron chi connectivity index (χ2n) is 3.65. The Morgan fingerprint density at radius 1 is 1.42 bits per heavy atom. The molecule has 1 heterocycles. The fourth-order valence-corrected chi connectivity index (χ4v) is 4.25. The molecule has 19 heavy (non-hydrogen) atoms. The van der Waals surface area contributed by atoms with Crippen molar-refractivity contribution >= 4 is 52.0 Å². The summed E-state index contributed by atoms with van der Waals surface area (Å²) in [5, 5.41) is 11.9. The lowest BCUT2D eigenvalue weighted by molar-refractivity contribution is -0.387. The van der Waals surface area contributed by atoms with Gasteiger partial charge in [0.15, 0.2) is 0 Å². The average molecular weight is 334 g/mol. The summed E-state index contributed by atoms with van der Waals surface area (Å²) in [7, 11) is 0. The fraction of sp³-hybridized carbons (Fsp3) is 0.167. The molecular weight excluding hydrogens is 325 g/mol. The third-order valence-electron chi connectivity index (χ3n) is 2.39. The zero-order valence-electron chi connectivity index (χ0n) is 9.85. The maximum Gasteiger partial charge on any atom is 0.294 e. The highest BCUT2D eigenvalue weighted by atomic mass is 35.5. The number of nitrogens with zero attached hydrogens (tertiary/aromatic N) is 1. The summed E-state index contributed by atoms with van der Waals surface area (Å²) in [5.41, 5.74) is 0.128. The SMILES string of the molecule is CCc1cc([N+](=O)[O-])c(Sc2cccc(Cl)c2Cl)s1. The van der Waals surface area contributed by atoms with Gasteiger partial charge in [-0.25, -0.2) is 0 Å². The molecule has 0 N–H and O–H groups in total. The standard InChI is InChI=1S/C12H9Cl2NO2S2/c1-2-7-6-9(15(16)17)12(18-7)19-10-5-3-4-8(13)11(10)14/h3-6H,2H2,1H3. The molecule has 0 aliphatic rings. The normalized spacial score (nSPS) is 10.7. The molecule has 0 unspecified atom stereocenters. The minimum atomic E-state index is -0.365. The quantitative estimate of drug-likeness (QED) is 0.534. The molecule has 0 fully saturated rings. The van der Waals surface area contributed by atoms with Crippen molar-refractivity contribution in [1.82, 2.24) is 0 Å². The topological polar surface area (TPSA) is 43.1 Å². The van der Waals surface area contributed by atoms with Crippen LogP contribution in [-0.4, -0.2) is 4.92 Å². The number of hydrogen-bond acceptors (Lipinski definition) is 4. The monoisotopic (exact) mass is 333 g/mol. The largest absolute Gasteiger partial charge is 0.294 e. The van der Waals surface area contributed by atoms with Crippen molar-refractivity contribution in [2.24, 2.45) is 0 Å². The number of benzene rings is 1. The first-order valence-electron chi connectivity index (χ1n) is 5.42. The molecule has 0 spiro atoms. The van der Waals surface area contributed by atoms with E-state index in [1.54, 1.807) is 24.3 Å². The molecule has 1 aromatic carbocycles. The molecule has 100 valence electrons. The van der Waals surface area contributed by atoms with E-state index in [9.17, 15) is 10.1 Å². The highest BCUT2D eigenvalue weighted by molar-refractivity contribution is 8.01. The highest BCUT2D eigenvalue weighted by Crippen LogP contribution is 2.44. The van der Waals surface area contributed by atoms with Crippen molar-refractivity contribution in [2.45, 2.75) is 22.4 Å². The predicted octanol–water partition coefficient (Wildman–Crippen LogP) is 5.68. The molecule has 2 aromatic rings.